The second-order valence-corrected chi connectivity index (χ2v) is 7.95. The molecule has 0 amide bonds. The van der Waals surface area contributed by atoms with E-state index >= 15 is 0 Å². The van der Waals surface area contributed by atoms with Gasteiger partial charge in [-0.05, 0) is 52.1 Å². The summed E-state index contributed by atoms with van der Waals surface area (Å²) < 4.78 is 0. The Morgan fingerprint density at radius 3 is 2.43 bits per heavy atom. The maximum absolute atomic E-state index is 9.90. The quantitative estimate of drug-likeness (QED) is 0.677. The van der Waals surface area contributed by atoms with Crippen LogP contribution in [0.4, 0.5) is 0 Å². The summed E-state index contributed by atoms with van der Waals surface area (Å²) in [5.41, 5.74) is -0.000814. The predicted molar refractivity (Wildman–Crippen MR) is 88.6 cm³/mol. The molecule has 2 aliphatic carbocycles. The van der Waals surface area contributed by atoms with E-state index in [1.54, 1.807) is 0 Å². The van der Waals surface area contributed by atoms with Crippen LogP contribution in [0.3, 0.4) is 0 Å². The normalized spacial score (nSPS) is 30.0. The number of hydrogen-bond donors (Lipinski definition) is 2. The fraction of sp³-hybridized carbons (Fsp3) is 1.00. The highest BCUT2D eigenvalue weighted by molar-refractivity contribution is 5.03. The number of aliphatic hydroxyl groups excluding tert-OH is 1. The van der Waals surface area contributed by atoms with Crippen molar-refractivity contribution in [2.24, 2.45) is 5.92 Å². The van der Waals surface area contributed by atoms with Gasteiger partial charge < -0.3 is 15.3 Å². The van der Waals surface area contributed by atoms with Gasteiger partial charge in [0.1, 0.15) is 0 Å². The fourth-order valence-corrected chi connectivity index (χ4v) is 3.61. The number of rotatable bonds is 9. The van der Waals surface area contributed by atoms with E-state index in [4.69, 9.17) is 0 Å². The molecule has 0 heterocycles. The highest BCUT2D eigenvalue weighted by Crippen LogP contribution is 2.36. The van der Waals surface area contributed by atoms with Crippen molar-refractivity contribution in [3.8, 4) is 0 Å². The summed E-state index contributed by atoms with van der Waals surface area (Å²) >= 11 is 0. The molecule has 0 bridgehead atoms. The molecule has 0 aromatic carbocycles. The minimum absolute atomic E-state index is 0.000814. The van der Waals surface area contributed by atoms with Crippen molar-refractivity contribution in [2.45, 2.75) is 63.6 Å². The minimum Gasteiger partial charge on any atom is -0.394 e. The Hall–Kier alpha value is -0.160. The van der Waals surface area contributed by atoms with E-state index in [9.17, 15) is 5.11 Å². The topological polar surface area (TPSA) is 38.7 Å². The molecule has 0 aromatic rings. The van der Waals surface area contributed by atoms with Gasteiger partial charge in [-0.2, -0.15) is 0 Å². The van der Waals surface area contributed by atoms with Crippen LogP contribution < -0.4 is 5.32 Å². The first kappa shape index (κ1) is 17.2. The molecule has 21 heavy (non-hydrogen) atoms. The van der Waals surface area contributed by atoms with Gasteiger partial charge in [0.05, 0.1) is 6.61 Å². The summed E-state index contributed by atoms with van der Waals surface area (Å²) in [5.74, 6) is 0.702. The van der Waals surface area contributed by atoms with Crippen molar-refractivity contribution >= 4 is 0 Å². The summed E-state index contributed by atoms with van der Waals surface area (Å²) in [7, 11) is 4.30. The first-order valence-electron chi connectivity index (χ1n) is 8.71. The average Bonchev–Trinajstić information content (AvgIpc) is 3.12. The molecule has 0 spiro atoms. The second kappa shape index (κ2) is 7.40. The third kappa shape index (κ3) is 5.20. The van der Waals surface area contributed by atoms with Crippen LogP contribution in [0.2, 0.25) is 0 Å². The summed E-state index contributed by atoms with van der Waals surface area (Å²) in [6, 6.07) is 1.31. The maximum Gasteiger partial charge on any atom is 0.0614 e. The molecule has 0 radical (unpaired) electrons. The van der Waals surface area contributed by atoms with Crippen molar-refractivity contribution in [1.29, 1.82) is 0 Å². The van der Waals surface area contributed by atoms with Crippen molar-refractivity contribution in [3.63, 3.8) is 0 Å². The molecule has 2 aliphatic rings. The zero-order chi connectivity index (χ0) is 15.5. The Balaban J connectivity index is 1.92. The van der Waals surface area contributed by atoms with E-state index < -0.39 is 0 Å². The molecular weight excluding hydrogens is 262 g/mol. The molecule has 2 fully saturated rings. The molecule has 0 saturated heterocycles. The molecule has 124 valence electrons. The number of nitrogens with one attached hydrogen (secondary N) is 1. The van der Waals surface area contributed by atoms with Crippen LogP contribution in [0.5, 0.6) is 0 Å². The standard InChI is InChI=1S/C17H35N3O/c1-14(2)12-20(10-9-19(3)4)16-7-8-17(11-16,13-21)18-15-5-6-15/h14-16,18,21H,5-13H2,1-4H3. The molecule has 2 rings (SSSR count). The Labute approximate surface area is 130 Å². The lowest BCUT2D eigenvalue weighted by molar-refractivity contribution is 0.129. The fourth-order valence-electron chi connectivity index (χ4n) is 3.61. The van der Waals surface area contributed by atoms with Gasteiger partial charge in [-0.15, -0.1) is 0 Å². The van der Waals surface area contributed by atoms with E-state index in [2.05, 4.69) is 43.1 Å². The molecule has 2 saturated carbocycles. The van der Waals surface area contributed by atoms with Crippen molar-refractivity contribution in [1.82, 2.24) is 15.1 Å². The van der Waals surface area contributed by atoms with Gasteiger partial charge in [0, 0.05) is 37.3 Å². The number of hydrogen-bond acceptors (Lipinski definition) is 4. The lowest BCUT2D eigenvalue weighted by atomic mass is 9.98. The summed E-state index contributed by atoms with van der Waals surface area (Å²) in [5, 5.41) is 13.6. The molecule has 2 unspecified atom stereocenters. The monoisotopic (exact) mass is 297 g/mol. The number of nitrogens with zero attached hydrogens (tertiary/aromatic N) is 2. The van der Waals surface area contributed by atoms with E-state index in [-0.39, 0.29) is 5.54 Å². The highest BCUT2D eigenvalue weighted by Gasteiger charge is 2.43. The zero-order valence-corrected chi connectivity index (χ0v) is 14.4. The van der Waals surface area contributed by atoms with Crippen molar-refractivity contribution in [2.75, 3.05) is 40.3 Å². The summed E-state index contributed by atoms with van der Waals surface area (Å²) in [4.78, 5) is 4.93. The van der Waals surface area contributed by atoms with Gasteiger partial charge in [-0.1, -0.05) is 13.8 Å². The molecule has 0 aliphatic heterocycles. The van der Waals surface area contributed by atoms with Gasteiger partial charge in [0.15, 0.2) is 0 Å². The highest BCUT2D eigenvalue weighted by atomic mass is 16.3. The minimum atomic E-state index is -0.000814. The Kier molecular flexibility index (Phi) is 6.06. The van der Waals surface area contributed by atoms with Crippen LogP contribution in [-0.4, -0.2) is 72.9 Å². The van der Waals surface area contributed by atoms with Crippen LogP contribution >= 0.6 is 0 Å². The second-order valence-electron chi connectivity index (χ2n) is 7.95. The summed E-state index contributed by atoms with van der Waals surface area (Å²) in [6.45, 7) is 8.33. The third-order valence-electron chi connectivity index (χ3n) is 4.92. The summed E-state index contributed by atoms with van der Waals surface area (Å²) in [6.07, 6.45) is 6.05. The van der Waals surface area contributed by atoms with E-state index in [1.165, 1.54) is 25.8 Å². The lowest BCUT2D eigenvalue weighted by Gasteiger charge is -2.34. The van der Waals surface area contributed by atoms with Gasteiger partial charge in [0.2, 0.25) is 0 Å². The Morgan fingerprint density at radius 1 is 1.19 bits per heavy atom. The smallest absolute Gasteiger partial charge is 0.0614 e. The first-order chi connectivity index (χ1) is 9.94. The largest absolute Gasteiger partial charge is 0.394 e. The SMILES string of the molecule is CC(C)CN(CCN(C)C)C1CCC(CO)(NC2CC2)C1. The van der Waals surface area contributed by atoms with Crippen LogP contribution in [0, 0.1) is 5.92 Å². The molecule has 2 atom stereocenters. The van der Waals surface area contributed by atoms with E-state index in [0.717, 1.165) is 25.9 Å². The lowest BCUT2D eigenvalue weighted by Crippen LogP contribution is -2.49. The van der Waals surface area contributed by atoms with E-state index in [1.807, 2.05) is 0 Å². The van der Waals surface area contributed by atoms with Gasteiger partial charge in [-0.3, -0.25) is 4.90 Å². The molecule has 0 aromatic heterocycles. The van der Waals surface area contributed by atoms with Gasteiger partial charge in [0.25, 0.3) is 0 Å². The van der Waals surface area contributed by atoms with Crippen LogP contribution in [0.1, 0.15) is 46.0 Å². The Bertz CT molecular complexity index is 317. The molecule has 2 N–H and O–H groups in total. The average molecular weight is 297 g/mol. The zero-order valence-electron chi connectivity index (χ0n) is 14.4. The van der Waals surface area contributed by atoms with Crippen molar-refractivity contribution in [3.05, 3.63) is 0 Å². The van der Waals surface area contributed by atoms with Gasteiger partial charge in [-0.25, -0.2) is 0 Å². The predicted octanol–water partition coefficient (Wildman–Crippen LogP) is 1.54. The number of likely N-dealkylation sites (N-methyl/N-ethyl adjacent to an activating group) is 1. The van der Waals surface area contributed by atoms with E-state index in [0.29, 0.717) is 24.6 Å². The van der Waals surface area contributed by atoms with Crippen LogP contribution in [0.25, 0.3) is 0 Å². The Morgan fingerprint density at radius 2 is 1.90 bits per heavy atom. The number of aliphatic hydroxyl groups is 1. The maximum atomic E-state index is 9.90. The van der Waals surface area contributed by atoms with Gasteiger partial charge >= 0.3 is 0 Å². The van der Waals surface area contributed by atoms with Crippen molar-refractivity contribution < 1.29 is 5.11 Å². The van der Waals surface area contributed by atoms with Crippen LogP contribution in [-0.2, 0) is 0 Å². The third-order valence-corrected chi connectivity index (χ3v) is 4.92. The van der Waals surface area contributed by atoms with Crippen LogP contribution in [0.15, 0.2) is 0 Å². The molecule has 4 nitrogen and oxygen atoms in total. The first-order valence-corrected chi connectivity index (χ1v) is 8.71. The molecular formula is C17H35N3O. The molecule has 4 heteroatoms.